The number of nitrogens with zero attached hydrogens (tertiary/aromatic N) is 3. The zero-order valence-electron chi connectivity index (χ0n) is 37.9. The van der Waals surface area contributed by atoms with Crippen LogP contribution in [-0.2, 0) is 5.41 Å². The standard InChI is InChI=1S/C66H41N3O/c1-5-16-42(17-6-1)63-67-64(43-18-7-2-8-19-43)69-65(68-63)56-25-15-27-61-62(56)57-40-46(33-37-60(57)70-61)44-30-34-52-48(38-44)28-29-49-39-45(31-35-53(49)52)47-32-36-55-54-24-13-14-26-58(54)66(59(55)41-47,50-20-9-3-10-21-50)51-22-11-4-12-23-51/h1-41H. The third-order valence-electron chi connectivity index (χ3n) is 14.4. The lowest BCUT2D eigenvalue weighted by atomic mass is 9.67. The van der Waals surface area contributed by atoms with Crippen molar-refractivity contribution in [2.24, 2.45) is 0 Å². The zero-order valence-corrected chi connectivity index (χ0v) is 37.9. The summed E-state index contributed by atoms with van der Waals surface area (Å²) in [5.41, 5.74) is 16.3. The molecular formula is C66H41N3O. The molecule has 2 heterocycles. The Morgan fingerprint density at radius 1 is 0.286 bits per heavy atom. The van der Waals surface area contributed by atoms with Gasteiger partial charge in [-0.2, -0.15) is 0 Å². The molecular weight excluding hydrogens is 851 g/mol. The largest absolute Gasteiger partial charge is 0.456 e. The Morgan fingerprint density at radius 2 is 0.771 bits per heavy atom. The fourth-order valence-corrected chi connectivity index (χ4v) is 11.2. The second kappa shape index (κ2) is 15.9. The Morgan fingerprint density at radius 3 is 1.40 bits per heavy atom. The lowest BCUT2D eigenvalue weighted by Crippen LogP contribution is -2.28. The van der Waals surface area contributed by atoms with E-state index in [2.05, 4.69) is 176 Å². The number of hydrogen-bond acceptors (Lipinski definition) is 4. The zero-order chi connectivity index (χ0) is 46.2. The molecule has 0 unspecified atom stereocenters. The maximum atomic E-state index is 6.51. The van der Waals surface area contributed by atoms with Gasteiger partial charge in [0.2, 0.25) is 0 Å². The van der Waals surface area contributed by atoms with E-state index in [1.165, 1.54) is 66.1 Å². The first kappa shape index (κ1) is 39.9. The minimum Gasteiger partial charge on any atom is -0.456 e. The van der Waals surface area contributed by atoms with Crippen LogP contribution >= 0.6 is 0 Å². The van der Waals surface area contributed by atoms with E-state index in [-0.39, 0.29) is 0 Å². The summed E-state index contributed by atoms with van der Waals surface area (Å²) < 4.78 is 6.51. The van der Waals surface area contributed by atoms with E-state index in [1.54, 1.807) is 0 Å². The number of aromatic nitrogens is 3. The van der Waals surface area contributed by atoms with Crippen LogP contribution in [0, 0.1) is 0 Å². The first-order valence-electron chi connectivity index (χ1n) is 23.8. The Kier molecular flexibility index (Phi) is 9.08. The van der Waals surface area contributed by atoms with Crippen molar-refractivity contribution in [2.75, 3.05) is 0 Å². The summed E-state index contributed by atoms with van der Waals surface area (Å²) in [5.74, 6) is 1.85. The summed E-state index contributed by atoms with van der Waals surface area (Å²) in [5, 5.41) is 6.84. The summed E-state index contributed by atoms with van der Waals surface area (Å²) in [6.45, 7) is 0. The first-order valence-corrected chi connectivity index (χ1v) is 23.8. The molecule has 0 spiro atoms. The van der Waals surface area contributed by atoms with Crippen molar-refractivity contribution in [3.63, 3.8) is 0 Å². The molecule has 0 radical (unpaired) electrons. The molecule has 0 fully saturated rings. The van der Waals surface area contributed by atoms with E-state index in [0.29, 0.717) is 17.5 Å². The molecule has 0 saturated heterocycles. The van der Waals surface area contributed by atoms with Gasteiger partial charge in [0.05, 0.1) is 5.41 Å². The fraction of sp³-hybridized carbons (Fsp3) is 0.0152. The molecule has 0 amide bonds. The molecule has 0 N–H and O–H groups in total. The minimum atomic E-state index is -0.444. The molecule has 0 saturated carbocycles. The predicted molar refractivity (Wildman–Crippen MR) is 287 cm³/mol. The van der Waals surface area contributed by atoms with Crippen molar-refractivity contribution >= 4 is 43.5 Å². The second-order valence-electron chi connectivity index (χ2n) is 18.3. The van der Waals surface area contributed by atoms with E-state index < -0.39 is 5.41 Å². The summed E-state index contributed by atoms with van der Waals surface area (Å²) >= 11 is 0. The van der Waals surface area contributed by atoms with E-state index in [1.807, 2.05) is 72.8 Å². The summed E-state index contributed by atoms with van der Waals surface area (Å²) in [4.78, 5) is 15.1. The van der Waals surface area contributed by atoms with E-state index in [0.717, 1.165) is 49.8 Å². The van der Waals surface area contributed by atoms with Crippen molar-refractivity contribution in [3.8, 4) is 67.5 Å². The molecule has 13 aromatic rings. The SMILES string of the molecule is c1ccc(-c2nc(-c3ccccc3)nc(-c3cccc4oc5ccc(-c6ccc7c(ccc8cc(-c9ccc%10c(c9)C(c9ccccc9)(c9ccccc9)c9ccccc9-%10)ccc87)c6)cc5c34)n2)cc1. The molecule has 70 heavy (non-hydrogen) atoms. The number of hydrogen-bond donors (Lipinski definition) is 0. The Bertz CT molecular complexity index is 4070. The highest BCUT2D eigenvalue weighted by atomic mass is 16.3. The molecule has 0 aliphatic heterocycles. The van der Waals surface area contributed by atoms with Crippen molar-refractivity contribution < 1.29 is 4.42 Å². The Labute approximate surface area is 404 Å². The molecule has 14 rings (SSSR count). The van der Waals surface area contributed by atoms with Gasteiger partial charge in [-0.25, -0.2) is 15.0 Å². The number of furan rings is 1. The van der Waals surface area contributed by atoms with Gasteiger partial charge in [0.1, 0.15) is 11.2 Å². The van der Waals surface area contributed by atoms with Crippen LogP contribution in [0.4, 0.5) is 0 Å². The first-order chi connectivity index (χ1) is 34.7. The number of benzene rings is 11. The van der Waals surface area contributed by atoms with Crippen LogP contribution in [0.25, 0.3) is 111 Å². The van der Waals surface area contributed by atoms with Gasteiger partial charge >= 0.3 is 0 Å². The van der Waals surface area contributed by atoms with Gasteiger partial charge in [-0.05, 0) is 114 Å². The van der Waals surface area contributed by atoms with Gasteiger partial charge in [-0.1, -0.05) is 212 Å². The third kappa shape index (κ3) is 6.27. The fourth-order valence-electron chi connectivity index (χ4n) is 11.2. The van der Waals surface area contributed by atoms with Gasteiger partial charge in [0.25, 0.3) is 0 Å². The maximum Gasteiger partial charge on any atom is 0.164 e. The topological polar surface area (TPSA) is 51.8 Å². The molecule has 0 bridgehead atoms. The number of fused-ring (bicyclic) bond motifs is 9. The van der Waals surface area contributed by atoms with Crippen molar-refractivity contribution in [1.82, 2.24) is 15.0 Å². The van der Waals surface area contributed by atoms with Crippen LogP contribution in [0.5, 0.6) is 0 Å². The van der Waals surface area contributed by atoms with E-state index in [4.69, 9.17) is 19.4 Å². The molecule has 0 atom stereocenters. The monoisotopic (exact) mass is 891 g/mol. The van der Waals surface area contributed by atoms with Crippen LogP contribution in [0.1, 0.15) is 22.3 Å². The van der Waals surface area contributed by atoms with E-state index in [9.17, 15) is 0 Å². The van der Waals surface area contributed by atoms with Crippen LogP contribution in [0.2, 0.25) is 0 Å². The second-order valence-corrected chi connectivity index (χ2v) is 18.3. The smallest absolute Gasteiger partial charge is 0.164 e. The van der Waals surface area contributed by atoms with Gasteiger partial charge in [0.15, 0.2) is 17.5 Å². The van der Waals surface area contributed by atoms with Gasteiger partial charge < -0.3 is 4.42 Å². The Balaban J connectivity index is 0.847. The summed E-state index contributed by atoms with van der Waals surface area (Å²) in [7, 11) is 0. The van der Waals surface area contributed by atoms with Crippen LogP contribution in [0.3, 0.4) is 0 Å². The molecule has 4 heteroatoms. The van der Waals surface area contributed by atoms with E-state index >= 15 is 0 Å². The normalized spacial score (nSPS) is 12.7. The maximum absolute atomic E-state index is 6.51. The average Bonchev–Trinajstić information content (AvgIpc) is 3.97. The van der Waals surface area contributed by atoms with Gasteiger partial charge in [-0.3, -0.25) is 0 Å². The van der Waals surface area contributed by atoms with Gasteiger partial charge in [0, 0.05) is 27.5 Å². The van der Waals surface area contributed by atoms with Crippen LogP contribution < -0.4 is 0 Å². The molecule has 4 nitrogen and oxygen atoms in total. The minimum absolute atomic E-state index is 0.444. The molecule has 2 aromatic heterocycles. The molecule has 1 aliphatic rings. The highest BCUT2D eigenvalue weighted by Gasteiger charge is 2.46. The molecule has 326 valence electrons. The lowest BCUT2D eigenvalue weighted by molar-refractivity contribution is 0.669. The lowest BCUT2D eigenvalue weighted by Gasteiger charge is -2.34. The van der Waals surface area contributed by atoms with Crippen molar-refractivity contribution in [3.05, 3.63) is 271 Å². The van der Waals surface area contributed by atoms with Crippen LogP contribution in [0.15, 0.2) is 253 Å². The number of rotatable bonds is 7. The molecule has 1 aliphatic carbocycles. The third-order valence-corrected chi connectivity index (χ3v) is 14.4. The van der Waals surface area contributed by atoms with Crippen LogP contribution in [-0.4, -0.2) is 15.0 Å². The van der Waals surface area contributed by atoms with Crippen molar-refractivity contribution in [1.29, 1.82) is 0 Å². The highest BCUT2D eigenvalue weighted by molar-refractivity contribution is 6.13. The Hall–Kier alpha value is -9.25. The summed E-state index contributed by atoms with van der Waals surface area (Å²) in [6, 6.07) is 89.2. The quantitative estimate of drug-likeness (QED) is 0.150. The van der Waals surface area contributed by atoms with Gasteiger partial charge in [-0.15, -0.1) is 0 Å². The van der Waals surface area contributed by atoms with Crippen molar-refractivity contribution in [2.45, 2.75) is 5.41 Å². The highest BCUT2D eigenvalue weighted by Crippen LogP contribution is 2.56. The summed E-state index contributed by atoms with van der Waals surface area (Å²) in [6.07, 6.45) is 0. The average molecular weight is 892 g/mol. The molecule has 11 aromatic carbocycles. The predicted octanol–water partition coefficient (Wildman–Crippen LogP) is 16.8.